The molecule has 0 aliphatic carbocycles. The number of amides is 1. The summed E-state index contributed by atoms with van der Waals surface area (Å²) in [4.78, 5) is 29.1. The maximum Gasteiger partial charge on any atom is 0.273 e. The van der Waals surface area contributed by atoms with Crippen molar-refractivity contribution >= 4 is 56.3 Å². The van der Waals surface area contributed by atoms with E-state index >= 15 is 0 Å². The highest BCUT2D eigenvalue weighted by atomic mass is 32.2. The van der Waals surface area contributed by atoms with Crippen molar-refractivity contribution in [2.75, 3.05) is 12.3 Å². The van der Waals surface area contributed by atoms with Crippen molar-refractivity contribution in [1.29, 1.82) is 0 Å². The molecule has 0 saturated carbocycles. The quantitative estimate of drug-likeness (QED) is 0.347. The zero-order chi connectivity index (χ0) is 22.4. The van der Waals surface area contributed by atoms with Gasteiger partial charge in [-0.2, -0.15) is 0 Å². The predicted molar refractivity (Wildman–Crippen MR) is 132 cm³/mol. The van der Waals surface area contributed by atoms with E-state index in [0.29, 0.717) is 28.7 Å². The van der Waals surface area contributed by atoms with E-state index in [2.05, 4.69) is 22.3 Å². The lowest BCUT2D eigenvalue weighted by Crippen LogP contribution is -2.37. The van der Waals surface area contributed by atoms with Gasteiger partial charge in [-0.3, -0.25) is 18.6 Å². The lowest BCUT2D eigenvalue weighted by Gasteiger charge is -2.28. The monoisotopic (exact) mass is 493 g/mol. The van der Waals surface area contributed by atoms with E-state index in [0.717, 1.165) is 23.4 Å². The molecule has 1 aromatic carbocycles. The highest BCUT2D eigenvalue weighted by molar-refractivity contribution is 7.99. The number of carbonyl (C=O) groups is 1. The Balaban J connectivity index is 1.30. The average Bonchev–Trinajstić information content (AvgIpc) is 3.60. The summed E-state index contributed by atoms with van der Waals surface area (Å²) < 4.78 is 4.25. The summed E-state index contributed by atoms with van der Waals surface area (Å²) in [6.07, 6.45) is 0.880. The summed E-state index contributed by atoms with van der Waals surface area (Å²) in [6, 6.07) is 14.2. The van der Waals surface area contributed by atoms with Crippen LogP contribution in [0.4, 0.5) is 0 Å². The van der Waals surface area contributed by atoms with E-state index in [4.69, 9.17) is 0 Å². The topological polar surface area (TPSA) is 72.5 Å². The second kappa shape index (κ2) is 8.44. The Morgan fingerprint density at radius 1 is 1.03 bits per heavy atom. The predicted octanol–water partition coefficient (Wildman–Crippen LogP) is 3.89. The van der Waals surface area contributed by atoms with Gasteiger partial charge >= 0.3 is 0 Å². The van der Waals surface area contributed by atoms with Crippen molar-refractivity contribution in [3.05, 3.63) is 79.6 Å². The summed E-state index contributed by atoms with van der Waals surface area (Å²) in [7, 11) is 0. The minimum atomic E-state index is -0.0621. The first kappa shape index (κ1) is 20.6. The van der Waals surface area contributed by atoms with Crippen LogP contribution in [0.5, 0.6) is 0 Å². The minimum Gasteiger partial charge on any atom is -0.337 e. The van der Waals surface area contributed by atoms with Crippen LogP contribution in [0.15, 0.2) is 63.2 Å². The first-order valence-electron chi connectivity index (χ1n) is 10.5. The minimum absolute atomic E-state index is 0.0621. The van der Waals surface area contributed by atoms with Gasteiger partial charge in [-0.15, -0.1) is 32.9 Å². The Morgan fingerprint density at radius 3 is 2.76 bits per heavy atom. The zero-order valence-corrected chi connectivity index (χ0v) is 20.0. The van der Waals surface area contributed by atoms with Crippen molar-refractivity contribution in [2.24, 2.45) is 0 Å². The van der Waals surface area contributed by atoms with Gasteiger partial charge < -0.3 is 4.90 Å². The SMILES string of the molecule is O=C(CSc1nnc2n(Cc3cccs3)c(=O)c3sccc3n12)N1CCc2ccccc2C1. The number of thioether (sulfide) groups is 1. The normalized spacial score (nSPS) is 13.6. The van der Waals surface area contributed by atoms with E-state index in [1.165, 1.54) is 34.2 Å². The van der Waals surface area contributed by atoms with Crippen molar-refractivity contribution in [2.45, 2.75) is 24.7 Å². The summed E-state index contributed by atoms with van der Waals surface area (Å²) in [5.74, 6) is 0.861. The van der Waals surface area contributed by atoms with Gasteiger partial charge in [-0.25, -0.2) is 0 Å². The van der Waals surface area contributed by atoms with Crippen LogP contribution in [0, 0.1) is 0 Å². The van der Waals surface area contributed by atoms with E-state index < -0.39 is 0 Å². The largest absolute Gasteiger partial charge is 0.337 e. The molecule has 0 saturated heterocycles. The van der Waals surface area contributed by atoms with Gasteiger partial charge in [0.15, 0.2) is 5.16 Å². The number of thiophene rings is 2. The van der Waals surface area contributed by atoms with Gasteiger partial charge in [0, 0.05) is 18.0 Å². The van der Waals surface area contributed by atoms with Crippen LogP contribution in [0.2, 0.25) is 0 Å². The molecular weight excluding hydrogens is 474 g/mol. The van der Waals surface area contributed by atoms with Crippen molar-refractivity contribution in [3.8, 4) is 0 Å². The highest BCUT2D eigenvalue weighted by Crippen LogP contribution is 2.26. The first-order chi connectivity index (χ1) is 16.2. The van der Waals surface area contributed by atoms with Crippen LogP contribution < -0.4 is 5.56 Å². The van der Waals surface area contributed by atoms with Crippen LogP contribution in [0.3, 0.4) is 0 Å². The van der Waals surface area contributed by atoms with Gasteiger partial charge in [-0.05, 0) is 40.4 Å². The van der Waals surface area contributed by atoms with Crippen LogP contribution in [-0.4, -0.2) is 42.3 Å². The second-order valence-corrected chi connectivity index (χ2v) is 10.7. The molecular formula is C23H19N5O2S3. The molecule has 5 heterocycles. The molecule has 33 heavy (non-hydrogen) atoms. The lowest BCUT2D eigenvalue weighted by molar-refractivity contribution is -0.129. The fraction of sp³-hybridized carbons (Fsp3) is 0.217. The van der Waals surface area contributed by atoms with E-state index in [9.17, 15) is 9.59 Å². The molecule has 0 unspecified atom stereocenters. The Morgan fingerprint density at radius 2 is 1.91 bits per heavy atom. The Hall–Kier alpha value is -2.95. The molecule has 6 rings (SSSR count). The van der Waals surface area contributed by atoms with E-state index in [-0.39, 0.29) is 17.2 Å². The lowest BCUT2D eigenvalue weighted by atomic mass is 10.00. The molecule has 0 fully saturated rings. The molecule has 0 spiro atoms. The number of hydrogen-bond acceptors (Lipinski definition) is 7. The highest BCUT2D eigenvalue weighted by Gasteiger charge is 2.23. The molecule has 5 aromatic rings. The molecule has 1 amide bonds. The molecule has 0 atom stereocenters. The van der Waals surface area contributed by atoms with Crippen LogP contribution >= 0.6 is 34.4 Å². The number of rotatable bonds is 5. The molecule has 10 heteroatoms. The maximum atomic E-state index is 13.1. The van der Waals surface area contributed by atoms with Gasteiger partial charge in [0.25, 0.3) is 5.56 Å². The third-order valence-corrected chi connectivity index (χ3v) is 8.55. The Kier molecular flexibility index (Phi) is 5.28. The second-order valence-electron chi connectivity index (χ2n) is 7.85. The first-order valence-corrected chi connectivity index (χ1v) is 13.3. The standard InChI is InChI=1S/C23H19N5O2S3/c29-19(26-9-7-15-4-1-2-5-16(15)12-26)14-33-23-25-24-22-27(13-17-6-3-10-31-17)21(30)20-18(28(22)23)8-11-32-20/h1-6,8,10-11H,7,9,12-14H2. The van der Waals surface area contributed by atoms with Gasteiger partial charge in [-0.1, -0.05) is 42.1 Å². The summed E-state index contributed by atoms with van der Waals surface area (Å²) >= 11 is 4.39. The number of benzene rings is 1. The molecule has 4 aromatic heterocycles. The Labute approximate surface area is 201 Å². The number of aromatic nitrogens is 4. The summed E-state index contributed by atoms with van der Waals surface area (Å²) in [6.45, 7) is 1.82. The van der Waals surface area contributed by atoms with Gasteiger partial charge in [0.05, 0.1) is 17.8 Å². The number of hydrogen-bond donors (Lipinski definition) is 0. The Bertz CT molecular complexity index is 1530. The number of fused-ring (bicyclic) bond motifs is 4. The summed E-state index contributed by atoms with van der Waals surface area (Å²) in [5.41, 5.74) is 3.26. The fourth-order valence-corrected chi connectivity index (χ4v) is 6.58. The third-order valence-electron chi connectivity index (χ3n) is 5.88. The average molecular weight is 494 g/mol. The number of carbonyl (C=O) groups excluding carboxylic acids is 1. The van der Waals surface area contributed by atoms with E-state index in [1.54, 1.807) is 15.9 Å². The maximum absolute atomic E-state index is 13.1. The van der Waals surface area contributed by atoms with Crippen LogP contribution in [0.25, 0.3) is 16.0 Å². The fourth-order valence-electron chi connectivity index (χ4n) is 4.22. The molecule has 0 bridgehead atoms. The molecule has 166 valence electrons. The van der Waals surface area contributed by atoms with Gasteiger partial charge in [0.1, 0.15) is 4.70 Å². The third kappa shape index (κ3) is 3.68. The zero-order valence-electron chi connectivity index (χ0n) is 17.5. The number of nitrogens with zero attached hydrogens (tertiary/aromatic N) is 5. The van der Waals surface area contributed by atoms with Crippen molar-refractivity contribution in [1.82, 2.24) is 24.1 Å². The van der Waals surface area contributed by atoms with E-state index in [1.807, 2.05) is 50.4 Å². The molecule has 0 N–H and O–H groups in total. The summed E-state index contributed by atoms with van der Waals surface area (Å²) in [5, 5.41) is 13.2. The molecule has 0 radical (unpaired) electrons. The van der Waals surface area contributed by atoms with Crippen molar-refractivity contribution in [3.63, 3.8) is 0 Å². The van der Waals surface area contributed by atoms with Crippen LogP contribution in [0.1, 0.15) is 16.0 Å². The van der Waals surface area contributed by atoms with Gasteiger partial charge in [0.2, 0.25) is 11.7 Å². The molecule has 1 aliphatic rings. The smallest absolute Gasteiger partial charge is 0.273 e. The molecule has 1 aliphatic heterocycles. The molecule has 7 nitrogen and oxygen atoms in total. The van der Waals surface area contributed by atoms with Crippen LogP contribution in [-0.2, 0) is 24.3 Å². The van der Waals surface area contributed by atoms with Crippen molar-refractivity contribution < 1.29 is 4.79 Å².